The molecule has 0 amide bonds. The lowest BCUT2D eigenvalue weighted by molar-refractivity contribution is -0.142. The van der Waals surface area contributed by atoms with Gasteiger partial charge in [-0.05, 0) is 35.6 Å². The van der Waals surface area contributed by atoms with Crippen LogP contribution in [0.15, 0.2) is 65.7 Å². The van der Waals surface area contributed by atoms with Crippen LogP contribution in [-0.4, -0.2) is 36.1 Å². The summed E-state index contributed by atoms with van der Waals surface area (Å²) < 4.78 is 18.4. The third kappa shape index (κ3) is 4.39. The van der Waals surface area contributed by atoms with E-state index in [0.29, 0.717) is 0 Å². The summed E-state index contributed by atoms with van der Waals surface area (Å²) in [5, 5.41) is 0.724. The second-order valence-electron chi connectivity index (χ2n) is 5.92. The molecule has 0 aromatic heterocycles. The standard InChI is InChI=1S/C21H21FN2O2S/c1-3-27-21-23-19(20(25)26-2)18(14-9-15-7-5-4-6-8-15)24(21)17-12-10-16(22)11-13-17/h4-14,18-19H,3H2,1-2H3/b14-9+/t18-,19+/m0/s1. The number of thioether (sulfide) groups is 1. The van der Waals surface area contributed by atoms with Crippen LogP contribution in [0.25, 0.3) is 6.08 Å². The van der Waals surface area contributed by atoms with Crippen molar-refractivity contribution in [2.24, 2.45) is 4.99 Å². The van der Waals surface area contributed by atoms with E-state index < -0.39 is 12.0 Å². The summed E-state index contributed by atoms with van der Waals surface area (Å²) in [6.45, 7) is 2.02. The Morgan fingerprint density at radius 3 is 2.56 bits per heavy atom. The Balaban J connectivity index is 2.00. The Kier molecular flexibility index (Phi) is 6.29. The van der Waals surface area contributed by atoms with Crippen LogP contribution in [0.5, 0.6) is 0 Å². The van der Waals surface area contributed by atoms with Gasteiger partial charge < -0.3 is 9.64 Å². The normalized spacial score (nSPS) is 19.4. The number of halogens is 1. The van der Waals surface area contributed by atoms with Crippen LogP contribution in [0, 0.1) is 5.82 Å². The second kappa shape index (κ2) is 8.86. The van der Waals surface area contributed by atoms with Gasteiger partial charge in [-0.2, -0.15) is 0 Å². The molecule has 1 aliphatic rings. The number of amidine groups is 1. The first-order valence-corrected chi connectivity index (χ1v) is 9.69. The van der Waals surface area contributed by atoms with Crippen LogP contribution < -0.4 is 4.90 Å². The van der Waals surface area contributed by atoms with Gasteiger partial charge in [-0.25, -0.2) is 14.2 Å². The summed E-state index contributed by atoms with van der Waals surface area (Å²) in [6, 6.07) is 15.0. The predicted molar refractivity (Wildman–Crippen MR) is 110 cm³/mol. The maximum absolute atomic E-state index is 13.4. The maximum atomic E-state index is 13.4. The van der Waals surface area contributed by atoms with Crippen molar-refractivity contribution in [3.05, 3.63) is 72.1 Å². The number of esters is 1. The molecule has 2 aromatic carbocycles. The molecular weight excluding hydrogens is 363 g/mol. The van der Waals surface area contributed by atoms with Crippen LogP contribution >= 0.6 is 11.8 Å². The number of aliphatic imine (C=N–C) groups is 1. The second-order valence-corrected chi connectivity index (χ2v) is 7.15. The molecule has 0 spiro atoms. The lowest BCUT2D eigenvalue weighted by Crippen LogP contribution is -2.41. The Morgan fingerprint density at radius 2 is 1.93 bits per heavy atom. The molecule has 0 N–H and O–H groups in total. The Hall–Kier alpha value is -2.60. The van der Waals surface area contributed by atoms with Gasteiger partial charge in [0.05, 0.1) is 13.2 Å². The zero-order valence-electron chi connectivity index (χ0n) is 15.2. The minimum Gasteiger partial charge on any atom is -0.467 e. The SMILES string of the molecule is CCSC1=N[C@@H](C(=O)OC)[C@H](/C=C/c2ccccc2)N1c1ccc(F)cc1. The summed E-state index contributed by atoms with van der Waals surface area (Å²) in [7, 11) is 1.36. The number of benzene rings is 2. The molecule has 2 aromatic rings. The van der Waals surface area contributed by atoms with E-state index in [-0.39, 0.29) is 11.9 Å². The van der Waals surface area contributed by atoms with Crippen LogP contribution in [-0.2, 0) is 9.53 Å². The summed E-state index contributed by atoms with van der Waals surface area (Å²) in [6.07, 6.45) is 3.92. The van der Waals surface area contributed by atoms with Crippen molar-refractivity contribution in [1.29, 1.82) is 0 Å². The molecular formula is C21H21FN2O2S. The molecule has 0 fully saturated rings. The molecule has 0 bridgehead atoms. The molecule has 0 aliphatic carbocycles. The largest absolute Gasteiger partial charge is 0.467 e. The molecule has 0 saturated carbocycles. The van der Waals surface area contributed by atoms with Crippen molar-refractivity contribution < 1.29 is 13.9 Å². The highest BCUT2D eigenvalue weighted by Gasteiger charge is 2.40. The van der Waals surface area contributed by atoms with E-state index in [9.17, 15) is 9.18 Å². The van der Waals surface area contributed by atoms with Gasteiger partial charge in [-0.1, -0.05) is 61.2 Å². The third-order valence-electron chi connectivity index (χ3n) is 4.18. The van der Waals surface area contributed by atoms with Crippen molar-refractivity contribution >= 4 is 34.7 Å². The predicted octanol–water partition coefficient (Wildman–Crippen LogP) is 4.38. The highest BCUT2D eigenvalue weighted by atomic mass is 32.2. The molecule has 6 heteroatoms. The molecule has 2 atom stereocenters. The van der Waals surface area contributed by atoms with Gasteiger partial charge in [0.1, 0.15) is 5.82 Å². The van der Waals surface area contributed by atoms with Gasteiger partial charge in [-0.3, -0.25) is 0 Å². The smallest absolute Gasteiger partial charge is 0.333 e. The minimum atomic E-state index is -0.672. The highest BCUT2D eigenvalue weighted by Crippen LogP contribution is 2.32. The molecule has 3 rings (SSSR count). The Bertz CT molecular complexity index is 837. The van der Waals surface area contributed by atoms with Crippen molar-refractivity contribution in [3.63, 3.8) is 0 Å². The third-order valence-corrected chi connectivity index (χ3v) is 5.03. The average molecular weight is 384 g/mol. The first-order valence-electron chi connectivity index (χ1n) is 8.70. The number of hydrogen-bond acceptors (Lipinski definition) is 5. The molecule has 4 nitrogen and oxygen atoms in total. The van der Waals surface area contributed by atoms with Crippen LogP contribution in [0.3, 0.4) is 0 Å². The average Bonchev–Trinajstić information content (AvgIpc) is 3.05. The highest BCUT2D eigenvalue weighted by molar-refractivity contribution is 8.14. The zero-order chi connectivity index (χ0) is 19.2. The number of anilines is 1. The van der Waals surface area contributed by atoms with E-state index in [1.54, 1.807) is 23.9 Å². The van der Waals surface area contributed by atoms with Gasteiger partial charge in [0.25, 0.3) is 0 Å². The molecule has 140 valence electrons. The Morgan fingerprint density at radius 1 is 1.22 bits per heavy atom. The fourth-order valence-corrected chi connectivity index (χ4v) is 3.74. The molecule has 1 aliphatic heterocycles. The van der Waals surface area contributed by atoms with Crippen molar-refractivity contribution in [2.75, 3.05) is 17.8 Å². The molecule has 0 radical (unpaired) electrons. The number of ether oxygens (including phenoxy) is 1. The number of hydrogen-bond donors (Lipinski definition) is 0. The number of methoxy groups -OCH3 is 1. The monoisotopic (exact) mass is 384 g/mol. The van der Waals surface area contributed by atoms with Gasteiger partial charge >= 0.3 is 5.97 Å². The number of carbonyl (C=O) groups is 1. The first-order chi connectivity index (χ1) is 13.1. The van der Waals surface area contributed by atoms with Crippen molar-refractivity contribution in [2.45, 2.75) is 19.0 Å². The quantitative estimate of drug-likeness (QED) is 0.718. The summed E-state index contributed by atoms with van der Waals surface area (Å²) in [4.78, 5) is 18.9. The molecule has 0 unspecified atom stereocenters. The molecule has 27 heavy (non-hydrogen) atoms. The van der Waals surface area contributed by atoms with Gasteiger partial charge in [-0.15, -0.1) is 0 Å². The maximum Gasteiger partial charge on any atom is 0.333 e. The first kappa shape index (κ1) is 19.2. The van der Waals surface area contributed by atoms with Crippen molar-refractivity contribution in [1.82, 2.24) is 0 Å². The van der Waals surface area contributed by atoms with Crippen molar-refractivity contribution in [3.8, 4) is 0 Å². The lowest BCUT2D eigenvalue weighted by atomic mass is 10.1. The van der Waals surface area contributed by atoms with E-state index in [0.717, 1.165) is 22.2 Å². The van der Waals surface area contributed by atoms with E-state index in [4.69, 9.17) is 4.74 Å². The Labute approximate surface area is 162 Å². The molecule has 1 heterocycles. The van der Waals surface area contributed by atoms with Crippen LogP contribution in [0.4, 0.5) is 10.1 Å². The number of nitrogens with zero attached hydrogens (tertiary/aromatic N) is 2. The van der Waals surface area contributed by atoms with Gasteiger partial charge in [0.15, 0.2) is 11.2 Å². The van der Waals surface area contributed by atoms with E-state index >= 15 is 0 Å². The van der Waals surface area contributed by atoms with Gasteiger partial charge in [0.2, 0.25) is 0 Å². The van der Waals surface area contributed by atoms with Crippen LogP contribution in [0.1, 0.15) is 12.5 Å². The molecule has 0 saturated heterocycles. The van der Waals surface area contributed by atoms with E-state index in [1.165, 1.54) is 19.2 Å². The topological polar surface area (TPSA) is 41.9 Å². The number of rotatable bonds is 5. The van der Waals surface area contributed by atoms with Crippen LogP contribution in [0.2, 0.25) is 0 Å². The minimum absolute atomic E-state index is 0.305. The summed E-state index contributed by atoms with van der Waals surface area (Å²) >= 11 is 1.54. The van der Waals surface area contributed by atoms with Gasteiger partial charge in [0, 0.05) is 5.69 Å². The summed E-state index contributed by atoms with van der Waals surface area (Å²) in [5.41, 5.74) is 1.81. The van der Waals surface area contributed by atoms with E-state index in [2.05, 4.69) is 4.99 Å². The lowest BCUT2D eigenvalue weighted by Gasteiger charge is -2.27. The fourth-order valence-electron chi connectivity index (χ4n) is 2.92. The number of carbonyl (C=O) groups excluding carboxylic acids is 1. The summed E-state index contributed by atoms with van der Waals surface area (Å²) in [5.74, 6) is 0.108. The zero-order valence-corrected chi connectivity index (χ0v) is 16.0. The van der Waals surface area contributed by atoms with E-state index in [1.807, 2.05) is 54.3 Å². The fraction of sp³-hybridized carbons (Fsp3) is 0.238.